The van der Waals surface area contributed by atoms with Gasteiger partial charge >= 0.3 is 0 Å². The Bertz CT molecular complexity index is 546. The van der Waals surface area contributed by atoms with Crippen LogP contribution in [0.2, 0.25) is 0 Å². The number of halogens is 1. The Morgan fingerprint density at radius 2 is 1.68 bits per heavy atom. The molecule has 1 nitrogen and oxygen atoms in total. The van der Waals surface area contributed by atoms with Crippen molar-refractivity contribution in [1.29, 1.82) is 0 Å². The average molecular weight is 257 g/mol. The predicted octanol–water partition coefficient (Wildman–Crippen LogP) is 4.47. The third kappa shape index (κ3) is 3.21. The number of nitrogens with one attached hydrogen (secondary N) is 1. The van der Waals surface area contributed by atoms with Crippen LogP contribution in [0.1, 0.15) is 31.0 Å². The topological polar surface area (TPSA) is 12.0 Å². The summed E-state index contributed by atoms with van der Waals surface area (Å²) in [5.41, 5.74) is 4.13. The van der Waals surface area contributed by atoms with E-state index in [1.807, 2.05) is 12.1 Å². The lowest BCUT2D eigenvalue weighted by molar-refractivity contribution is 0.598. The van der Waals surface area contributed by atoms with Crippen LogP contribution in [0, 0.1) is 12.7 Å². The first-order valence-electron chi connectivity index (χ1n) is 6.71. The zero-order valence-corrected chi connectivity index (χ0v) is 11.7. The fraction of sp³-hybridized carbons (Fsp3) is 0.294. The Balaban J connectivity index is 2.24. The van der Waals surface area contributed by atoms with Crippen LogP contribution in [0.25, 0.3) is 11.1 Å². The molecule has 1 atom stereocenters. The Hall–Kier alpha value is -1.67. The maximum atomic E-state index is 13.3. The lowest BCUT2D eigenvalue weighted by Gasteiger charge is -2.13. The first-order chi connectivity index (χ1) is 9.11. The molecule has 0 saturated carbocycles. The van der Waals surface area contributed by atoms with E-state index in [1.165, 1.54) is 11.6 Å². The number of hydrogen-bond acceptors (Lipinski definition) is 1. The number of aryl methyl sites for hydroxylation is 1. The van der Waals surface area contributed by atoms with Crippen LogP contribution >= 0.6 is 0 Å². The largest absolute Gasteiger partial charge is 0.310 e. The van der Waals surface area contributed by atoms with Crippen LogP contribution in [-0.2, 0) is 0 Å². The van der Waals surface area contributed by atoms with Gasteiger partial charge in [0.1, 0.15) is 5.82 Å². The molecule has 0 amide bonds. The standard InChI is InChI=1S/C17H20FN/c1-4-19-13(3)14-5-7-15(8-6-14)16-9-10-17(18)12(2)11-16/h5-11,13,19H,4H2,1-3H3. The molecule has 0 spiro atoms. The van der Waals surface area contributed by atoms with Gasteiger partial charge < -0.3 is 5.32 Å². The van der Waals surface area contributed by atoms with Gasteiger partial charge in [0.25, 0.3) is 0 Å². The van der Waals surface area contributed by atoms with Gasteiger partial charge in [0.2, 0.25) is 0 Å². The molecule has 0 aliphatic carbocycles. The lowest BCUT2D eigenvalue weighted by atomic mass is 10.00. The van der Waals surface area contributed by atoms with E-state index in [1.54, 1.807) is 6.92 Å². The SMILES string of the molecule is CCNC(C)c1ccc(-c2ccc(F)c(C)c2)cc1. The van der Waals surface area contributed by atoms with E-state index in [9.17, 15) is 4.39 Å². The van der Waals surface area contributed by atoms with Crippen molar-refractivity contribution in [2.75, 3.05) is 6.54 Å². The van der Waals surface area contributed by atoms with Crippen molar-refractivity contribution in [3.8, 4) is 11.1 Å². The Morgan fingerprint density at radius 1 is 1.05 bits per heavy atom. The van der Waals surface area contributed by atoms with Gasteiger partial charge in [-0.25, -0.2) is 4.39 Å². The van der Waals surface area contributed by atoms with E-state index in [0.29, 0.717) is 11.6 Å². The zero-order chi connectivity index (χ0) is 13.8. The predicted molar refractivity (Wildman–Crippen MR) is 78.7 cm³/mol. The molecule has 0 bridgehead atoms. The quantitative estimate of drug-likeness (QED) is 0.852. The summed E-state index contributed by atoms with van der Waals surface area (Å²) in [6.07, 6.45) is 0. The fourth-order valence-corrected chi connectivity index (χ4v) is 2.21. The smallest absolute Gasteiger partial charge is 0.126 e. The summed E-state index contributed by atoms with van der Waals surface area (Å²) in [5.74, 6) is -0.152. The molecule has 2 rings (SSSR count). The summed E-state index contributed by atoms with van der Waals surface area (Å²) in [7, 11) is 0. The highest BCUT2D eigenvalue weighted by atomic mass is 19.1. The number of rotatable bonds is 4. The molecule has 2 heteroatoms. The van der Waals surface area contributed by atoms with E-state index in [4.69, 9.17) is 0 Å². The highest BCUT2D eigenvalue weighted by Gasteiger charge is 2.05. The lowest BCUT2D eigenvalue weighted by Crippen LogP contribution is -2.17. The molecule has 1 N–H and O–H groups in total. The highest BCUT2D eigenvalue weighted by molar-refractivity contribution is 5.64. The zero-order valence-electron chi connectivity index (χ0n) is 11.7. The molecule has 2 aromatic carbocycles. The van der Waals surface area contributed by atoms with Gasteiger partial charge in [-0.15, -0.1) is 0 Å². The minimum absolute atomic E-state index is 0.152. The molecular weight excluding hydrogens is 237 g/mol. The second kappa shape index (κ2) is 5.98. The van der Waals surface area contributed by atoms with E-state index in [2.05, 4.69) is 43.4 Å². The molecule has 0 saturated heterocycles. The van der Waals surface area contributed by atoms with Gasteiger partial charge in [-0.1, -0.05) is 37.3 Å². The van der Waals surface area contributed by atoms with Crippen molar-refractivity contribution in [2.24, 2.45) is 0 Å². The second-order valence-electron chi connectivity index (χ2n) is 4.87. The molecule has 0 fully saturated rings. The van der Waals surface area contributed by atoms with Gasteiger partial charge in [0.05, 0.1) is 0 Å². The van der Waals surface area contributed by atoms with Crippen LogP contribution in [0.15, 0.2) is 42.5 Å². The molecule has 0 aromatic heterocycles. The van der Waals surface area contributed by atoms with Crippen LogP contribution < -0.4 is 5.32 Å². The van der Waals surface area contributed by atoms with Gasteiger partial charge in [-0.3, -0.25) is 0 Å². The Kier molecular flexibility index (Phi) is 4.33. The summed E-state index contributed by atoms with van der Waals surface area (Å²) >= 11 is 0. The van der Waals surface area contributed by atoms with E-state index in [0.717, 1.165) is 17.7 Å². The van der Waals surface area contributed by atoms with Crippen molar-refractivity contribution < 1.29 is 4.39 Å². The molecule has 0 radical (unpaired) electrons. The first kappa shape index (κ1) is 13.8. The number of hydrogen-bond donors (Lipinski definition) is 1. The number of benzene rings is 2. The second-order valence-corrected chi connectivity index (χ2v) is 4.87. The van der Waals surface area contributed by atoms with Crippen molar-refractivity contribution in [3.63, 3.8) is 0 Å². The molecular formula is C17H20FN. The van der Waals surface area contributed by atoms with Crippen molar-refractivity contribution >= 4 is 0 Å². The molecule has 19 heavy (non-hydrogen) atoms. The molecule has 0 aliphatic rings. The van der Waals surface area contributed by atoms with Crippen molar-refractivity contribution in [1.82, 2.24) is 5.32 Å². The van der Waals surface area contributed by atoms with E-state index < -0.39 is 0 Å². The third-order valence-electron chi connectivity index (χ3n) is 3.41. The highest BCUT2D eigenvalue weighted by Crippen LogP contribution is 2.23. The Morgan fingerprint density at radius 3 is 2.26 bits per heavy atom. The summed E-state index contributed by atoms with van der Waals surface area (Å²) < 4.78 is 13.3. The van der Waals surface area contributed by atoms with Crippen molar-refractivity contribution in [2.45, 2.75) is 26.8 Å². The van der Waals surface area contributed by atoms with Crippen LogP contribution in [0.5, 0.6) is 0 Å². The summed E-state index contributed by atoms with van der Waals surface area (Å²) in [5, 5.41) is 3.39. The third-order valence-corrected chi connectivity index (χ3v) is 3.41. The summed E-state index contributed by atoms with van der Waals surface area (Å²) in [6, 6.07) is 14.0. The molecule has 100 valence electrons. The molecule has 0 heterocycles. The summed E-state index contributed by atoms with van der Waals surface area (Å²) in [6.45, 7) is 7.01. The summed E-state index contributed by atoms with van der Waals surface area (Å²) in [4.78, 5) is 0. The Labute approximate surface area is 114 Å². The van der Waals surface area contributed by atoms with Crippen LogP contribution in [0.3, 0.4) is 0 Å². The van der Waals surface area contributed by atoms with Gasteiger partial charge in [0.15, 0.2) is 0 Å². The molecule has 2 aromatic rings. The minimum atomic E-state index is -0.152. The van der Waals surface area contributed by atoms with Gasteiger partial charge in [0, 0.05) is 6.04 Å². The average Bonchev–Trinajstić information content (AvgIpc) is 2.42. The maximum absolute atomic E-state index is 13.3. The van der Waals surface area contributed by atoms with Crippen LogP contribution in [-0.4, -0.2) is 6.54 Å². The molecule has 1 unspecified atom stereocenters. The minimum Gasteiger partial charge on any atom is -0.310 e. The molecule has 0 aliphatic heterocycles. The first-order valence-corrected chi connectivity index (χ1v) is 6.71. The monoisotopic (exact) mass is 257 g/mol. The normalized spacial score (nSPS) is 12.4. The van der Waals surface area contributed by atoms with Crippen molar-refractivity contribution in [3.05, 3.63) is 59.4 Å². The maximum Gasteiger partial charge on any atom is 0.126 e. The fourth-order valence-electron chi connectivity index (χ4n) is 2.21. The van der Waals surface area contributed by atoms with E-state index >= 15 is 0 Å². The van der Waals surface area contributed by atoms with Gasteiger partial charge in [-0.05, 0) is 54.8 Å². The van der Waals surface area contributed by atoms with E-state index in [-0.39, 0.29) is 5.82 Å². The van der Waals surface area contributed by atoms with Gasteiger partial charge in [-0.2, -0.15) is 0 Å². The van der Waals surface area contributed by atoms with Crippen LogP contribution in [0.4, 0.5) is 4.39 Å².